The van der Waals surface area contributed by atoms with Crippen molar-refractivity contribution in [3.8, 4) is 0 Å². The van der Waals surface area contributed by atoms with Gasteiger partial charge in [-0.3, -0.25) is 4.90 Å². The third kappa shape index (κ3) is 3.00. The van der Waals surface area contributed by atoms with E-state index in [0.717, 1.165) is 38.8 Å². The number of likely N-dealkylation sites (N-methyl/N-ethyl adjacent to an activating group) is 1. The lowest BCUT2D eigenvalue weighted by Crippen LogP contribution is -2.51. The van der Waals surface area contributed by atoms with E-state index in [9.17, 15) is 9.50 Å². The van der Waals surface area contributed by atoms with Crippen LogP contribution in [0.4, 0.5) is 4.39 Å². The summed E-state index contributed by atoms with van der Waals surface area (Å²) in [6, 6.07) is 3.34. The largest absolute Gasteiger partial charge is 0.386 e. The maximum Gasteiger partial charge on any atom is 0.148 e. The van der Waals surface area contributed by atoms with Gasteiger partial charge >= 0.3 is 0 Å². The van der Waals surface area contributed by atoms with Crippen LogP contribution in [0.5, 0.6) is 0 Å². The fraction of sp³-hybridized carbons (Fsp3) is 0.625. The normalized spacial score (nSPS) is 19.2. The van der Waals surface area contributed by atoms with Crippen molar-refractivity contribution in [3.05, 3.63) is 33.0 Å². The molecule has 0 heterocycles. The number of aliphatic hydroxyl groups excluding tert-OH is 1. The molecule has 5 heteroatoms. The molecule has 1 unspecified atom stereocenters. The molecule has 0 aromatic heterocycles. The van der Waals surface area contributed by atoms with E-state index in [4.69, 9.17) is 11.6 Å². The van der Waals surface area contributed by atoms with E-state index in [1.165, 1.54) is 0 Å². The van der Waals surface area contributed by atoms with E-state index in [2.05, 4.69) is 34.7 Å². The van der Waals surface area contributed by atoms with E-state index in [1.807, 2.05) is 0 Å². The minimum Gasteiger partial charge on any atom is -0.386 e. The summed E-state index contributed by atoms with van der Waals surface area (Å²) in [6.07, 6.45) is 3.07. The monoisotopic (exact) mass is 377 g/mol. The predicted octanol–water partition coefficient (Wildman–Crippen LogP) is 4.93. The summed E-state index contributed by atoms with van der Waals surface area (Å²) in [5.74, 6) is -0.517. The Kier molecular flexibility index (Phi) is 5.69. The number of halogens is 3. The summed E-state index contributed by atoms with van der Waals surface area (Å²) in [5, 5.41) is 11.0. The van der Waals surface area contributed by atoms with Crippen molar-refractivity contribution >= 4 is 27.5 Å². The summed E-state index contributed by atoms with van der Waals surface area (Å²) < 4.78 is 15.0. The topological polar surface area (TPSA) is 23.5 Å². The molecule has 1 aliphatic rings. The van der Waals surface area contributed by atoms with Crippen LogP contribution >= 0.6 is 27.5 Å². The average molecular weight is 379 g/mol. The Morgan fingerprint density at radius 2 is 1.90 bits per heavy atom. The van der Waals surface area contributed by atoms with Crippen LogP contribution in [0, 0.1) is 5.82 Å². The van der Waals surface area contributed by atoms with Crippen molar-refractivity contribution in [2.75, 3.05) is 13.1 Å². The maximum absolute atomic E-state index is 14.5. The quantitative estimate of drug-likeness (QED) is 0.734. The first kappa shape index (κ1) is 17.2. The Morgan fingerprint density at radius 3 is 2.43 bits per heavy atom. The molecular weight excluding hydrogens is 357 g/mol. The molecule has 0 saturated heterocycles. The second-order valence-electron chi connectivity index (χ2n) is 5.65. The lowest BCUT2D eigenvalue weighted by atomic mass is 9.83. The van der Waals surface area contributed by atoms with Gasteiger partial charge in [0.15, 0.2) is 0 Å². The highest BCUT2D eigenvalue weighted by Gasteiger charge is 2.45. The lowest BCUT2D eigenvalue weighted by molar-refractivity contribution is -0.0285. The molecule has 0 radical (unpaired) electrons. The van der Waals surface area contributed by atoms with E-state index < -0.39 is 11.9 Å². The lowest BCUT2D eigenvalue weighted by Gasteiger charge is -2.44. The highest BCUT2D eigenvalue weighted by molar-refractivity contribution is 9.10. The summed E-state index contributed by atoms with van der Waals surface area (Å²) >= 11 is 9.20. The molecule has 1 aliphatic carbocycles. The number of hydrogen-bond donors (Lipinski definition) is 1. The minimum absolute atomic E-state index is 0.0410. The van der Waals surface area contributed by atoms with Gasteiger partial charge in [-0.05, 0) is 47.9 Å². The van der Waals surface area contributed by atoms with Crippen molar-refractivity contribution in [2.24, 2.45) is 0 Å². The molecule has 2 nitrogen and oxygen atoms in total. The van der Waals surface area contributed by atoms with Crippen LogP contribution in [0.1, 0.15) is 51.2 Å². The van der Waals surface area contributed by atoms with Crippen molar-refractivity contribution in [1.82, 2.24) is 4.90 Å². The van der Waals surface area contributed by atoms with Crippen LogP contribution in [0.2, 0.25) is 5.02 Å². The molecule has 1 atom stereocenters. The number of hydrogen-bond acceptors (Lipinski definition) is 2. The SMILES string of the molecule is CCN(CC)C1(C(O)c2ccc(Br)c(Cl)c2F)CCCC1. The smallest absolute Gasteiger partial charge is 0.148 e. The van der Waals surface area contributed by atoms with E-state index in [-0.39, 0.29) is 10.6 Å². The van der Waals surface area contributed by atoms with Crippen LogP contribution in [0.15, 0.2) is 16.6 Å². The van der Waals surface area contributed by atoms with Crippen LogP contribution in [-0.4, -0.2) is 28.6 Å². The second kappa shape index (κ2) is 6.95. The third-order valence-electron chi connectivity index (χ3n) is 4.73. The fourth-order valence-electron chi connectivity index (χ4n) is 3.64. The molecule has 1 aromatic carbocycles. The van der Waals surface area contributed by atoms with E-state index >= 15 is 0 Å². The molecule has 0 amide bonds. The molecule has 2 rings (SSSR count). The Morgan fingerprint density at radius 1 is 1.33 bits per heavy atom. The number of benzene rings is 1. The van der Waals surface area contributed by atoms with Crippen molar-refractivity contribution in [3.63, 3.8) is 0 Å². The first-order chi connectivity index (χ1) is 9.97. The van der Waals surface area contributed by atoms with Crippen molar-refractivity contribution in [1.29, 1.82) is 0 Å². The van der Waals surface area contributed by atoms with E-state index in [1.54, 1.807) is 12.1 Å². The van der Waals surface area contributed by atoms with Gasteiger partial charge in [-0.15, -0.1) is 0 Å². The molecule has 1 saturated carbocycles. The van der Waals surface area contributed by atoms with Gasteiger partial charge in [-0.2, -0.15) is 0 Å². The predicted molar refractivity (Wildman–Crippen MR) is 88.2 cm³/mol. The van der Waals surface area contributed by atoms with E-state index in [0.29, 0.717) is 10.0 Å². The molecule has 21 heavy (non-hydrogen) atoms. The van der Waals surface area contributed by atoms with Crippen LogP contribution in [0.3, 0.4) is 0 Å². The Hall–Kier alpha value is -0.160. The zero-order valence-electron chi connectivity index (χ0n) is 12.5. The van der Waals surface area contributed by atoms with Crippen molar-refractivity contribution < 1.29 is 9.50 Å². The van der Waals surface area contributed by atoms with Crippen LogP contribution in [-0.2, 0) is 0 Å². The third-order valence-corrected chi connectivity index (χ3v) is 5.99. The molecule has 0 spiro atoms. The molecule has 1 aromatic rings. The summed E-state index contributed by atoms with van der Waals surface area (Å²) in [4.78, 5) is 2.26. The Bertz CT molecular complexity index is 501. The molecular formula is C16H22BrClFNO. The first-order valence-electron chi connectivity index (χ1n) is 7.54. The van der Waals surface area contributed by atoms with Crippen LogP contribution < -0.4 is 0 Å². The molecule has 0 bridgehead atoms. The highest BCUT2D eigenvalue weighted by Crippen LogP contribution is 2.46. The summed E-state index contributed by atoms with van der Waals surface area (Å²) in [7, 11) is 0. The number of aliphatic hydroxyl groups is 1. The molecule has 118 valence electrons. The maximum atomic E-state index is 14.5. The van der Waals surface area contributed by atoms with Crippen molar-refractivity contribution in [2.45, 2.75) is 51.2 Å². The van der Waals surface area contributed by atoms with Gasteiger partial charge in [0.1, 0.15) is 11.9 Å². The van der Waals surface area contributed by atoms with Gasteiger partial charge in [-0.1, -0.05) is 44.4 Å². The zero-order valence-corrected chi connectivity index (χ0v) is 14.8. The number of nitrogens with zero attached hydrogens (tertiary/aromatic N) is 1. The summed E-state index contributed by atoms with van der Waals surface area (Å²) in [6.45, 7) is 5.86. The Labute approximate surface area is 139 Å². The average Bonchev–Trinajstić information content (AvgIpc) is 2.96. The molecule has 1 N–H and O–H groups in total. The fourth-order valence-corrected chi connectivity index (χ4v) is 4.12. The molecule has 0 aliphatic heterocycles. The van der Waals surface area contributed by atoms with Gasteiger partial charge in [0, 0.05) is 10.0 Å². The van der Waals surface area contributed by atoms with Gasteiger partial charge in [0.25, 0.3) is 0 Å². The van der Waals surface area contributed by atoms with Gasteiger partial charge < -0.3 is 5.11 Å². The van der Waals surface area contributed by atoms with Gasteiger partial charge in [-0.25, -0.2) is 4.39 Å². The zero-order chi connectivity index (χ0) is 15.6. The first-order valence-corrected chi connectivity index (χ1v) is 8.71. The van der Waals surface area contributed by atoms with Gasteiger partial charge in [0.05, 0.1) is 10.6 Å². The minimum atomic E-state index is -0.856. The van der Waals surface area contributed by atoms with Crippen LogP contribution in [0.25, 0.3) is 0 Å². The molecule has 1 fully saturated rings. The standard InChI is InChI=1S/C16H22BrClFNO/c1-3-20(4-2)16(9-5-6-10-16)15(21)11-7-8-12(17)13(18)14(11)19/h7-8,15,21H,3-6,9-10H2,1-2H3. The number of rotatable bonds is 5. The second-order valence-corrected chi connectivity index (χ2v) is 6.88. The highest BCUT2D eigenvalue weighted by atomic mass is 79.9. The Balaban J connectivity index is 2.44. The van der Waals surface area contributed by atoms with Gasteiger partial charge in [0.2, 0.25) is 0 Å². The summed E-state index contributed by atoms with van der Waals surface area (Å²) in [5.41, 5.74) is -0.0707.